The summed E-state index contributed by atoms with van der Waals surface area (Å²) in [4.78, 5) is 2.40. The number of benzene rings is 1. The first-order chi connectivity index (χ1) is 9.36. The molecule has 1 aromatic carbocycles. The van der Waals surface area contributed by atoms with Crippen molar-refractivity contribution in [2.45, 2.75) is 46.6 Å². The molecule has 0 amide bonds. The summed E-state index contributed by atoms with van der Waals surface area (Å²) in [5, 5.41) is 9.23. The van der Waals surface area contributed by atoms with Crippen molar-refractivity contribution in [3.8, 4) is 5.75 Å². The molecule has 0 bridgehead atoms. The second-order valence-corrected chi connectivity index (χ2v) is 7.06. The maximum atomic E-state index is 13.4. The molecule has 1 aromatic rings. The van der Waals surface area contributed by atoms with Crippen LogP contribution >= 0.6 is 0 Å². The highest BCUT2D eigenvalue weighted by Gasteiger charge is 2.26. The van der Waals surface area contributed by atoms with Gasteiger partial charge in [-0.25, -0.2) is 4.39 Å². The lowest BCUT2D eigenvalue weighted by Gasteiger charge is -2.29. The van der Waals surface area contributed by atoms with Crippen LogP contribution in [0.5, 0.6) is 5.75 Å². The first-order valence-electron chi connectivity index (χ1n) is 7.56. The quantitative estimate of drug-likeness (QED) is 0.878. The van der Waals surface area contributed by atoms with E-state index in [1.54, 1.807) is 0 Å². The summed E-state index contributed by atoms with van der Waals surface area (Å²) in [5.74, 6) is -0.0219. The van der Waals surface area contributed by atoms with Gasteiger partial charge in [0.25, 0.3) is 0 Å². The Labute approximate surface area is 121 Å². The summed E-state index contributed by atoms with van der Waals surface area (Å²) in [7, 11) is 0. The molecule has 0 spiro atoms. The zero-order chi connectivity index (χ0) is 14.8. The van der Waals surface area contributed by atoms with Gasteiger partial charge >= 0.3 is 0 Å². The van der Waals surface area contributed by atoms with Crippen molar-refractivity contribution in [1.82, 2.24) is 4.90 Å². The number of hydrogen-bond donors (Lipinski definition) is 1. The Balaban J connectivity index is 1.95. The predicted molar refractivity (Wildman–Crippen MR) is 80.1 cm³/mol. The average molecular weight is 279 g/mol. The lowest BCUT2D eigenvalue weighted by atomic mass is 9.77. The van der Waals surface area contributed by atoms with E-state index in [-0.39, 0.29) is 5.75 Å². The number of nitrogens with zero attached hydrogens (tertiary/aromatic N) is 1. The molecule has 1 fully saturated rings. The van der Waals surface area contributed by atoms with E-state index in [0.717, 1.165) is 31.1 Å². The van der Waals surface area contributed by atoms with E-state index in [4.69, 9.17) is 0 Å². The van der Waals surface area contributed by atoms with E-state index in [1.165, 1.54) is 31.4 Å². The number of phenols is 1. The number of phenolic OH excluding ortho intramolecular Hbond substituents is 1. The van der Waals surface area contributed by atoms with Crippen LogP contribution in [0.1, 0.15) is 45.6 Å². The second-order valence-electron chi connectivity index (χ2n) is 7.06. The van der Waals surface area contributed by atoms with Crippen LogP contribution in [-0.4, -0.2) is 23.1 Å². The van der Waals surface area contributed by atoms with Gasteiger partial charge in [-0.3, -0.25) is 4.90 Å². The van der Waals surface area contributed by atoms with Gasteiger partial charge in [-0.15, -0.1) is 0 Å². The lowest BCUT2D eigenvalue weighted by molar-refractivity contribution is 0.206. The van der Waals surface area contributed by atoms with Gasteiger partial charge < -0.3 is 5.11 Å². The van der Waals surface area contributed by atoms with Crippen molar-refractivity contribution < 1.29 is 9.50 Å². The Morgan fingerprint density at radius 2 is 2.00 bits per heavy atom. The Bertz CT molecular complexity index is 453. The molecular formula is C17H26FNO. The van der Waals surface area contributed by atoms with E-state index >= 15 is 0 Å². The van der Waals surface area contributed by atoms with E-state index in [1.807, 2.05) is 6.07 Å². The van der Waals surface area contributed by atoms with Crippen molar-refractivity contribution >= 4 is 0 Å². The minimum Gasteiger partial charge on any atom is -0.505 e. The molecule has 0 saturated carbocycles. The number of aromatic hydroxyl groups is 1. The van der Waals surface area contributed by atoms with Crippen molar-refractivity contribution in [3.05, 3.63) is 29.6 Å². The fourth-order valence-electron chi connectivity index (χ4n) is 3.09. The van der Waals surface area contributed by atoms with E-state index in [0.29, 0.717) is 5.41 Å². The molecule has 1 aliphatic rings. The van der Waals surface area contributed by atoms with E-state index in [9.17, 15) is 9.50 Å². The molecule has 3 heteroatoms. The highest BCUT2D eigenvalue weighted by molar-refractivity contribution is 5.27. The smallest absolute Gasteiger partial charge is 0.165 e. The first-order valence-corrected chi connectivity index (χ1v) is 7.56. The highest BCUT2D eigenvalue weighted by Crippen LogP contribution is 2.34. The Morgan fingerprint density at radius 1 is 1.25 bits per heavy atom. The summed E-state index contributed by atoms with van der Waals surface area (Å²) >= 11 is 0. The van der Waals surface area contributed by atoms with Crippen molar-refractivity contribution in [1.29, 1.82) is 0 Å². The molecule has 0 aromatic heterocycles. The summed E-state index contributed by atoms with van der Waals surface area (Å²) in [6, 6.07) is 4.70. The molecule has 1 N–H and O–H groups in total. The largest absolute Gasteiger partial charge is 0.505 e. The zero-order valence-corrected chi connectivity index (χ0v) is 12.8. The molecule has 1 unspecified atom stereocenters. The number of rotatable bonds is 2. The lowest BCUT2D eigenvalue weighted by Crippen LogP contribution is -2.26. The number of likely N-dealkylation sites (tertiary alicyclic amines) is 1. The van der Waals surface area contributed by atoms with Crippen LogP contribution in [0.25, 0.3) is 0 Å². The number of hydrogen-bond acceptors (Lipinski definition) is 2. The SMILES string of the molecule is CC(C)(C)C1CCCN(Cc2ccc(O)c(F)c2)CC1. The summed E-state index contributed by atoms with van der Waals surface area (Å²) in [6.45, 7) is 9.89. The Kier molecular flexibility index (Phi) is 4.69. The summed E-state index contributed by atoms with van der Waals surface area (Å²) < 4.78 is 13.4. The molecule has 2 nitrogen and oxygen atoms in total. The molecule has 20 heavy (non-hydrogen) atoms. The van der Waals surface area contributed by atoms with Gasteiger partial charge in [0.05, 0.1) is 0 Å². The van der Waals surface area contributed by atoms with Gasteiger partial charge in [-0.2, -0.15) is 0 Å². The molecule has 0 aliphatic carbocycles. The highest BCUT2D eigenvalue weighted by atomic mass is 19.1. The van der Waals surface area contributed by atoms with Crippen LogP contribution in [0.4, 0.5) is 4.39 Å². The van der Waals surface area contributed by atoms with Gasteiger partial charge in [0, 0.05) is 6.54 Å². The zero-order valence-electron chi connectivity index (χ0n) is 12.8. The number of halogens is 1. The Morgan fingerprint density at radius 3 is 2.65 bits per heavy atom. The topological polar surface area (TPSA) is 23.5 Å². The van der Waals surface area contributed by atoms with Crippen LogP contribution in [-0.2, 0) is 6.54 Å². The summed E-state index contributed by atoms with van der Waals surface area (Å²) in [5.41, 5.74) is 1.32. The molecule has 1 aliphatic heterocycles. The van der Waals surface area contributed by atoms with Gasteiger partial charge in [0.2, 0.25) is 0 Å². The van der Waals surface area contributed by atoms with Crippen molar-refractivity contribution in [3.63, 3.8) is 0 Å². The third-order valence-corrected chi connectivity index (χ3v) is 4.46. The molecular weight excluding hydrogens is 253 g/mol. The van der Waals surface area contributed by atoms with E-state index < -0.39 is 5.82 Å². The van der Waals surface area contributed by atoms with Gasteiger partial charge in [0.1, 0.15) is 0 Å². The maximum absolute atomic E-state index is 13.4. The summed E-state index contributed by atoms with van der Waals surface area (Å²) in [6.07, 6.45) is 3.70. The fourth-order valence-corrected chi connectivity index (χ4v) is 3.09. The fraction of sp³-hybridized carbons (Fsp3) is 0.647. The normalized spacial score (nSPS) is 21.7. The van der Waals surface area contributed by atoms with Crippen LogP contribution in [0.3, 0.4) is 0 Å². The molecule has 2 rings (SSSR count). The Hall–Kier alpha value is -1.09. The van der Waals surface area contributed by atoms with Gasteiger partial charge in [-0.1, -0.05) is 26.8 Å². The van der Waals surface area contributed by atoms with Crippen LogP contribution < -0.4 is 0 Å². The van der Waals surface area contributed by atoms with Gasteiger partial charge in [0.15, 0.2) is 11.6 Å². The second kappa shape index (κ2) is 6.13. The minimum absolute atomic E-state index is 0.266. The van der Waals surface area contributed by atoms with Crippen molar-refractivity contribution in [2.75, 3.05) is 13.1 Å². The maximum Gasteiger partial charge on any atom is 0.165 e. The molecule has 112 valence electrons. The van der Waals surface area contributed by atoms with Crippen LogP contribution in [0.15, 0.2) is 18.2 Å². The standard InChI is InChI=1S/C17H26FNO/c1-17(2,3)14-5-4-9-19(10-8-14)12-13-6-7-16(20)15(18)11-13/h6-7,11,14,20H,4-5,8-10,12H2,1-3H3. The van der Waals surface area contributed by atoms with E-state index in [2.05, 4.69) is 25.7 Å². The first kappa shape index (κ1) is 15.3. The predicted octanol–water partition coefficient (Wildman–Crippen LogP) is 4.18. The monoisotopic (exact) mass is 279 g/mol. The van der Waals surface area contributed by atoms with Crippen LogP contribution in [0.2, 0.25) is 0 Å². The average Bonchev–Trinajstić information content (AvgIpc) is 2.59. The van der Waals surface area contributed by atoms with Gasteiger partial charge in [-0.05, 0) is 61.4 Å². The molecule has 1 saturated heterocycles. The molecule has 1 atom stereocenters. The third kappa shape index (κ3) is 3.95. The third-order valence-electron chi connectivity index (χ3n) is 4.46. The minimum atomic E-state index is -0.523. The molecule has 0 radical (unpaired) electrons. The van der Waals surface area contributed by atoms with Crippen LogP contribution in [0, 0.1) is 17.2 Å². The van der Waals surface area contributed by atoms with Crippen molar-refractivity contribution in [2.24, 2.45) is 11.3 Å². The molecule has 1 heterocycles.